The second kappa shape index (κ2) is 8.86. The van der Waals surface area contributed by atoms with Gasteiger partial charge in [0.15, 0.2) is 0 Å². The number of carbonyl (C=O) groups excluding carboxylic acids is 2. The topological polar surface area (TPSA) is 110 Å². The number of aromatic amines is 1. The van der Waals surface area contributed by atoms with Gasteiger partial charge in [0.25, 0.3) is 5.56 Å². The molecule has 0 bridgehead atoms. The Balaban J connectivity index is 1.57. The first-order chi connectivity index (χ1) is 13.5. The van der Waals surface area contributed by atoms with Crippen LogP contribution in [0.25, 0.3) is 10.9 Å². The number of ether oxygens (including phenoxy) is 1. The standard InChI is InChI=1S/C20H25N3O5/c1-28-17(24)10-11-21-18(25)14-8-6-13(7-9-14)12-23-19(26)15-4-2-3-5-16(15)22-20(23)27/h2-5,13-14H,6-12H2,1H3,(H,21,25)(H,22,27). The second-order valence-corrected chi connectivity index (χ2v) is 7.23. The van der Waals surface area contributed by atoms with E-state index in [1.54, 1.807) is 24.3 Å². The summed E-state index contributed by atoms with van der Waals surface area (Å²) in [4.78, 5) is 51.0. The Morgan fingerprint density at radius 3 is 2.61 bits per heavy atom. The molecular formula is C20H25N3O5. The number of esters is 1. The minimum atomic E-state index is -0.397. The number of hydrogen-bond acceptors (Lipinski definition) is 5. The first kappa shape index (κ1) is 19.9. The van der Waals surface area contributed by atoms with E-state index in [0.29, 0.717) is 30.3 Å². The van der Waals surface area contributed by atoms with Gasteiger partial charge in [-0.15, -0.1) is 0 Å². The zero-order chi connectivity index (χ0) is 20.1. The molecular weight excluding hydrogens is 362 g/mol. The van der Waals surface area contributed by atoms with Gasteiger partial charge in [0.2, 0.25) is 5.91 Å². The Labute approximate surface area is 161 Å². The van der Waals surface area contributed by atoms with Crippen LogP contribution in [0.3, 0.4) is 0 Å². The Hall–Kier alpha value is -2.90. The van der Waals surface area contributed by atoms with Gasteiger partial charge in [-0.1, -0.05) is 12.1 Å². The van der Waals surface area contributed by atoms with E-state index in [-0.39, 0.29) is 42.2 Å². The maximum Gasteiger partial charge on any atom is 0.328 e. The van der Waals surface area contributed by atoms with E-state index < -0.39 is 5.69 Å². The number of methoxy groups -OCH3 is 1. The van der Waals surface area contributed by atoms with Crippen LogP contribution in [0.1, 0.15) is 32.1 Å². The maximum absolute atomic E-state index is 12.6. The molecule has 2 N–H and O–H groups in total. The van der Waals surface area contributed by atoms with Crippen LogP contribution in [0, 0.1) is 11.8 Å². The lowest BCUT2D eigenvalue weighted by Gasteiger charge is -2.28. The number of amides is 1. The molecule has 0 radical (unpaired) electrons. The summed E-state index contributed by atoms with van der Waals surface area (Å²) in [5.41, 5.74) is -0.130. The van der Waals surface area contributed by atoms with E-state index in [4.69, 9.17) is 0 Å². The minimum absolute atomic E-state index is 0.0527. The van der Waals surface area contributed by atoms with Crippen LogP contribution in [0.15, 0.2) is 33.9 Å². The normalized spacial score (nSPS) is 19.3. The highest BCUT2D eigenvalue weighted by atomic mass is 16.5. The monoisotopic (exact) mass is 387 g/mol. The molecule has 0 saturated heterocycles. The number of nitrogens with one attached hydrogen (secondary N) is 2. The Morgan fingerprint density at radius 2 is 1.89 bits per heavy atom. The molecule has 1 aliphatic carbocycles. The molecule has 1 saturated carbocycles. The van der Waals surface area contributed by atoms with Gasteiger partial charge in [-0.05, 0) is 43.7 Å². The molecule has 0 atom stereocenters. The van der Waals surface area contributed by atoms with Crippen molar-refractivity contribution in [2.24, 2.45) is 11.8 Å². The molecule has 2 aromatic rings. The summed E-state index contributed by atoms with van der Waals surface area (Å²) in [5.74, 6) is -0.322. The molecule has 1 aromatic heterocycles. The lowest BCUT2D eigenvalue weighted by atomic mass is 9.81. The summed E-state index contributed by atoms with van der Waals surface area (Å²) in [5, 5.41) is 3.27. The Kier molecular flexibility index (Phi) is 6.28. The zero-order valence-corrected chi connectivity index (χ0v) is 15.9. The van der Waals surface area contributed by atoms with E-state index in [9.17, 15) is 19.2 Å². The molecule has 1 aliphatic rings. The average molecular weight is 387 g/mol. The van der Waals surface area contributed by atoms with E-state index in [0.717, 1.165) is 12.8 Å². The van der Waals surface area contributed by atoms with Crippen molar-refractivity contribution in [1.82, 2.24) is 14.9 Å². The molecule has 1 heterocycles. The number of benzene rings is 1. The first-order valence-electron chi connectivity index (χ1n) is 9.56. The third-order valence-corrected chi connectivity index (χ3v) is 5.40. The van der Waals surface area contributed by atoms with Crippen molar-refractivity contribution in [3.8, 4) is 0 Å². The van der Waals surface area contributed by atoms with Crippen molar-refractivity contribution < 1.29 is 14.3 Å². The quantitative estimate of drug-likeness (QED) is 0.723. The molecule has 8 nitrogen and oxygen atoms in total. The molecule has 3 rings (SSSR count). The van der Waals surface area contributed by atoms with Crippen molar-refractivity contribution in [2.75, 3.05) is 13.7 Å². The smallest absolute Gasteiger partial charge is 0.328 e. The van der Waals surface area contributed by atoms with Crippen LogP contribution in [0.5, 0.6) is 0 Å². The van der Waals surface area contributed by atoms with Crippen LogP contribution in [0.4, 0.5) is 0 Å². The summed E-state index contributed by atoms with van der Waals surface area (Å²) < 4.78 is 5.82. The number of aromatic nitrogens is 2. The van der Waals surface area contributed by atoms with E-state index >= 15 is 0 Å². The van der Waals surface area contributed by atoms with Crippen molar-refractivity contribution in [3.63, 3.8) is 0 Å². The molecule has 0 unspecified atom stereocenters. The summed E-state index contributed by atoms with van der Waals surface area (Å²) in [6.07, 6.45) is 3.11. The largest absolute Gasteiger partial charge is 0.469 e. The van der Waals surface area contributed by atoms with Crippen LogP contribution in [0.2, 0.25) is 0 Å². The van der Waals surface area contributed by atoms with Gasteiger partial charge in [-0.2, -0.15) is 0 Å². The Bertz CT molecular complexity index is 970. The van der Waals surface area contributed by atoms with Gasteiger partial charge in [0.1, 0.15) is 0 Å². The number of rotatable bonds is 6. The molecule has 1 amide bonds. The highest BCUT2D eigenvalue weighted by molar-refractivity contribution is 5.79. The third-order valence-electron chi connectivity index (χ3n) is 5.40. The molecule has 1 fully saturated rings. The SMILES string of the molecule is COC(=O)CCNC(=O)C1CCC(Cn2c(=O)[nH]c3ccccc3c2=O)CC1. The molecule has 28 heavy (non-hydrogen) atoms. The van der Waals surface area contributed by atoms with Crippen molar-refractivity contribution in [2.45, 2.75) is 38.6 Å². The van der Waals surface area contributed by atoms with Crippen LogP contribution >= 0.6 is 0 Å². The lowest BCUT2D eigenvalue weighted by Crippen LogP contribution is -2.39. The molecule has 150 valence electrons. The van der Waals surface area contributed by atoms with Crippen LogP contribution in [-0.2, 0) is 20.9 Å². The predicted molar refractivity (Wildman–Crippen MR) is 104 cm³/mol. The number of H-pyrrole nitrogens is 1. The van der Waals surface area contributed by atoms with Gasteiger partial charge in [0.05, 0.1) is 24.4 Å². The first-order valence-corrected chi connectivity index (χ1v) is 9.56. The third kappa shape index (κ3) is 4.49. The maximum atomic E-state index is 12.6. The highest BCUT2D eigenvalue weighted by Gasteiger charge is 2.27. The fourth-order valence-corrected chi connectivity index (χ4v) is 3.76. The predicted octanol–water partition coefficient (Wildman–Crippen LogP) is 1.18. The molecule has 0 aliphatic heterocycles. The fraction of sp³-hybridized carbons (Fsp3) is 0.500. The second-order valence-electron chi connectivity index (χ2n) is 7.23. The van der Waals surface area contributed by atoms with Crippen molar-refractivity contribution in [3.05, 3.63) is 45.1 Å². The molecule has 0 spiro atoms. The van der Waals surface area contributed by atoms with E-state index in [1.807, 2.05) is 0 Å². The summed E-state index contributed by atoms with van der Waals surface area (Å²) >= 11 is 0. The summed E-state index contributed by atoms with van der Waals surface area (Å²) in [7, 11) is 1.32. The van der Waals surface area contributed by atoms with E-state index in [2.05, 4.69) is 15.0 Å². The Morgan fingerprint density at radius 1 is 1.18 bits per heavy atom. The van der Waals surface area contributed by atoms with Gasteiger partial charge in [-0.25, -0.2) is 4.79 Å². The zero-order valence-electron chi connectivity index (χ0n) is 15.9. The van der Waals surface area contributed by atoms with Gasteiger partial charge < -0.3 is 15.0 Å². The minimum Gasteiger partial charge on any atom is -0.469 e. The average Bonchev–Trinajstić information content (AvgIpc) is 2.71. The van der Waals surface area contributed by atoms with Gasteiger partial charge in [-0.3, -0.25) is 19.0 Å². The van der Waals surface area contributed by atoms with Gasteiger partial charge >= 0.3 is 11.7 Å². The highest BCUT2D eigenvalue weighted by Crippen LogP contribution is 2.29. The van der Waals surface area contributed by atoms with Gasteiger partial charge in [0, 0.05) is 19.0 Å². The number of nitrogens with zero attached hydrogens (tertiary/aromatic N) is 1. The number of para-hydroxylation sites is 1. The van der Waals surface area contributed by atoms with Crippen LogP contribution in [-0.4, -0.2) is 35.1 Å². The molecule has 1 aromatic carbocycles. The molecule has 8 heteroatoms. The summed E-state index contributed by atoms with van der Waals surface area (Å²) in [6.45, 7) is 0.628. The lowest BCUT2D eigenvalue weighted by molar-refractivity contribution is -0.140. The van der Waals surface area contributed by atoms with Crippen molar-refractivity contribution >= 4 is 22.8 Å². The van der Waals surface area contributed by atoms with Crippen LogP contribution < -0.4 is 16.6 Å². The number of carbonyl (C=O) groups is 2. The van der Waals surface area contributed by atoms with Crippen molar-refractivity contribution in [1.29, 1.82) is 0 Å². The summed E-state index contributed by atoms with van der Waals surface area (Å²) in [6, 6.07) is 6.97. The van der Waals surface area contributed by atoms with E-state index in [1.165, 1.54) is 11.7 Å². The number of fused-ring (bicyclic) bond motifs is 1. The number of hydrogen-bond donors (Lipinski definition) is 2. The fourth-order valence-electron chi connectivity index (χ4n) is 3.76.